The fourth-order valence-corrected chi connectivity index (χ4v) is 8.52. The molecule has 0 amide bonds. The Morgan fingerprint density at radius 1 is 0.971 bits per heavy atom. The summed E-state index contributed by atoms with van der Waals surface area (Å²) in [7, 11) is -6.02. The van der Waals surface area contributed by atoms with Crippen LogP contribution in [0.15, 0.2) is 0 Å². The Hall–Kier alpha value is -0.820. The van der Waals surface area contributed by atoms with E-state index >= 15 is 0 Å². The van der Waals surface area contributed by atoms with Crippen molar-refractivity contribution in [2.45, 2.75) is 56.0 Å². The monoisotopic (exact) mass is 526 g/mol. The number of carbonyl (C=O) groups is 3. The van der Waals surface area contributed by atoms with Crippen molar-refractivity contribution in [3.63, 3.8) is 0 Å². The van der Waals surface area contributed by atoms with E-state index in [9.17, 15) is 36.1 Å². The molecule has 6 atom stereocenters. The van der Waals surface area contributed by atoms with Crippen molar-refractivity contribution in [1.82, 2.24) is 0 Å². The van der Waals surface area contributed by atoms with Crippen LogP contribution in [0.4, 0.5) is 8.78 Å². The normalized spacial score (nSPS) is 44.7. The summed E-state index contributed by atoms with van der Waals surface area (Å²) in [6.45, 7) is -1.94. The maximum atomic E-state index is 13.5. The van der Waals surface area contributed by atoms with Crippen LogP contribution in [-0.4, -0.2) is 54.9 Å². The van der Waals surface area contributed by atoms with Crippen molar-refractivity contribution in [2.75, 3.05) is 6.61 Å². The zero-order chi connectivity index (χ0) is 24.2. The number of rotatable bonds is 6. The fraction of sp³-hybridized carbons (Fsp3) is 0.864. The molecule has 0 aromatic heterocycles. The maximum Gasteiger partial charge on any atom is 1.00 e. The van der Waals surface area contributed by atoms with E-state index in [0.717, 1.165) is 25.7 Å². The summed E-state index contributed by atoms with van der Waals surface area (Å²) in [6.07, 6.45) is 4.04. The van der Waals surface area contributed by atoms with Crippen LogP contribution in [0.1, 0.15) is 38.5 Å². The fourth-order valence-electron chi connectivity index (χ4n) is 8.32. The molecule has 1 heterocycles. The molecule has 0 radical (unpaired) electrons. The molecule has 6 bridgehead atoms. The molecule has 1 saturated heterocycles. The van der Waals surface area contributed by atoms with Gasteiger partial charge in [-0.3, -0.25) is 14.4 Å². The first-order chi connectivity index (χ1) is 15.9. The molecule has 0 aromatic carbocycles. The first kappa shape index (κ1) is 25.8. The van der Waals surface area contributed by atoms with Gasteiger partial charge in [0, 0.05) is 11.8 Å². The summed E-state index contributed by atoms with van der Waals surface area (Å²) < 4.78 is 74.9. The molecule has 7 fully saturated rings. The molecular formula is C22H25F2NaO9S. The van der Waals surface area contributed by atoms with E-state index in [1.807, 2.05) is 0 Å². The van der Waals surface area contributed by atoms with Gasteiger partial charge in [-0.05, 0) is 62.2 Å². The Bertz CT molecular complexity index is 1020. The first-order valence-electron chi connectivity index (χ1n) is 11.9. The number of carbonyl (C=O) groups excluding carboxylic acids is 3. The van der Waals surface area contributed by atoms with Crippen molar-refractivity contribution in [3.8, 4) is 0 Å². The summed E-state index contributed by atoms with van der Waals surface area (Å²) in [4.78, 5) is 38.4. The second-order valence-corrected chi connectivity index (χ2v) is 12.6. The smallest absolute Gasteiger partial charge is 0.743 e. The van der Waals surface area contributed by atoms with Gasteiger partial charge in [-0.25, -0.2) is 8.42 Å². The van der Waals surface area contributed by atoms with Crippen LogP contribution in [0.3, 0.4) is 0 Å². The molecule has 6 unspecified atom stereocenters. The molecule has 13 heteroatoms. The van der Waals surface area contributed by atoms with Gasteiger partial charge in [0.05, 0.1) is 17.8 Å². The minimum absolute atomic E-state index is 0. The second-order valence-electron chi connectivity index (χ2n) is 11.1. The molecule has 1 aliphatic heterocycles. The van der Waals surface area contributed by atoms with Crippen LogP contribution in [0, 0.1) is 53.3 Å². The summed E-state index contributed by atoms with van der Waals surface area (Å²) in [5.74, 6) is -3.75. The molecule has 6 aliphatic carbocycles. The van der Waals surface area contributed by atoms with E-state index in [1.165, 1.54) is 6.42 Å². The Morgan fingerprint density at radius 2 is 1.57 bits per heavy atom. The summed E-state index contributed by atoms with van der Waals surface area (Å²) >= 11 is 0. The van der Waals surface area contributed by atoms with E-state index in [1.54, 1.807) is 0 Å². The van der Waals surface area contributed by atoms with E-state index in [4.69, 9.17) is 9.47 Å². The van der Waals surface area contributed by atoms with Crippen molar-refractivity contribution in [2.24, 2.45) is 53.3 Å². The number of hydrogen-bond acceptors (Lipinski definition) is 9. The zero-order valence-corrected chi connectivity index (χ0v) is 22.0. The van der Waals surface area contributed by atoms with Gasteiger partial charge in [0.15, 0.2) is 16.7 Å². The van der Waals surface area contributed by atoms with Crippen molar-refractivity contribution in [3.05, 3.63) is 0 Å². The van der Waals surface area contributed by atoms with Gasteiger partial charge >= 0.3 is 52.7 Å². The number of ether oxygens (including phenoxy) is 3. The number of halogens is 2. The Labute approximate surface area is 223 Å². The SMILES string of the molecule is O=C(OC1C2CC3C1OC(=O)C3C2C(=O)OCC(F)(F)S(=O)(=O)[O-])C1C2CC3CC(C2)CC1C3.[Na+]. The molecule has 0 aromatic rings. The zero-order valence-electron chi connectivity index (χ0n) is 19.1. The molecule has 0 spiro atoms. The van der Waals surface area contributed by atoms with E-state index in [2.05, 4.69) is 4.74 Å². The molecule has 35 heavy (non-hydrogen) atoms. The van der Waals surface area contributed by atoms with Gasteiger partial charge in [-0.15, -0.1) is 0 Å². The van der Waals surface area contributed by atoms with E-state index in [0.29, 0.717) is 18.3 Å². The maximum absolute atomic E-state index is 13.5. The van der Waals surface area contributed by atoms with Gasteiger partial charge in [0.2, 0.25) is 0 Å². The van der Waals surface area contributed by atoms with Gasteiger partial charge in [0.25, 0.3) is 0 Å². The topological polar surface area (TPSA) is 136 Å². The van der Waals surface area contributed by atoms with Crippen LogP contribution in [0.25, 0.3) is 0 Å². The predicted octanol–water partition coefficient (Wildman–Crippen LogP) is -1.54. The van der Waals surface area contributed by atoms with Gasteiger partial charge < -0.3 is 18.8 Å². The Kier molecular flexibility index (Phi) is 6.35. The van der Waals surface area contributed by atoms with Gasteiger partial charge in [-0.1, -0.05) is 0 Å². The predicted molar refractivity (Wildman–Crippen MR) is 104 cm³/mol. The number of hydrogen-bond donors (Lipinski definition) is 0. The molecular weight excluding hydrogens is 501 g/mol. The van der Waals surface area contributed by atoms with Crippen molar-refractivity contribution in [1.29, 1.82) is 0 Å². The van der Waals surface area contributed by atoms with Crippen LogP contribution in [0.2, 0.25) is 0 Å². The van der Waals surface area contributed by atoms with E-state index in [-0.39, 0.29) is 53.3 Å². The van der Waals surface area contributed by atoms with Crippen LogP contribution < -0.4 is 29.6 Å². The molecule has 7 rings (SSSR count). The van der Waals surface area contributed by atoms with Crippen LogP contribution in [0.5, 0.6) is 0 Å². The quantitative estimate of drug-likeness (QED) is 0.175. The van der Waals surface area contributed by atoms with Crippen molar-refractivity contribution < 1.29 is 79.9 Å². The number of alkyl halides is 2. The van der Waals surface area contributed by atoms with Gasteiger partial charge in [0.1, 0.15) is 12.2 Å². The third kappa shape index (κ3) is 3.97. The number of fused-ring (bicyclic) bond motifs is 1. The van der Waals surface area contributed by atoms with E-state index < -0.39 is 69.8 Å². The molecule has 6 saturated carbocycles. The minimum Gasteiger partial charge on any atom is -0.743 e. The van der Waals surface area contributed by atoms with Gasteiger partial charge in [-0.2, -0.15) is 8.78 Å². The third-order valence-corrected chi connectivity index (χ3v) is 10.2. The largest absolute Gasteiger partial charge is 1.00 e. The second kappa shape index (κ2) is 8.61. The molecule has 9 nitrogen and oxygen atoms in total. The average molecular weight is 526 g/mol. The summed E-state index contributed by atoms with van der Waals surface area (Å²) in [5.41, 5.74) is 0. The first-order valence-corrected chi connectivity index (χ1v) is 13.3. The van der Waals surface area contributed by atoms with Crippen LogP contribution in [-0.2, 0) is 38.7 Å². The summed E-state index contributed by atoms with van der Waals surface area (Å²) in [6, 6.07) is 0. The molecule has 7 aliphatic rings. The Balaban J connectivity index is 0.00000253. The van der Waals surface area contributed by atoms with Crippen LogP contribution >= 0.6 is 0 Å². The molecule has 0 N–H and O–H groups in total. The summed E-state index contributed by atoms with van der Waals surface area (Å²) in [5, 5.41) is -4.79. The minimum atomic E-state index is -6.02. The third-order valence-electron chi connectivity index (χ3n) is 9.32. The Morgan fingerprint density at radius 3 is 2.14 bits per heavy atom. The standard InChI is InChI=1S/C22H26F2O9S.Na/c23-22(24,34(28,29)30)7-31-19(25)15-12-6-13-16(15)21(27)33-18(13)17(12)32-20(26)14-10-2-8-1-9(4-10)5-11(14)3-8;/h8-18H,1-7H2,(H,28,29,30);/q;+1/p-1. The molecule has 188 valence electrons. The number of esters is 3. The van der Waals surface area contributed by atoms with Crippen molar-refractivity contribution >= 4 is 28.0 Å². The average Bonchev–Trinajstić information content (AvgIpc) is 3.34.